The number of amides is 1. The van der Waals surface area contributed by atoms with Gasteiger partial charge < -0.3 is 5.32 Å². The van der Waals surface area contributed by atoms with Crippen LogP contribution in [0.1, 0.15) is 15.9 Å². The van der Waals surface area contributed by atoms with Crippen LogP contribution in [0.25, 0.3) is 0 Å². The van der Waals surface area contributed by atoms with Gasteiger partial charge in [-0.05, 0) is 66.6 Å². The third-order valence-electron chi connectivity index (χ3n) is 4.21. The zero-order chi connectivity index (χ0) is 21.7. The number of halogens is 3. The summed E-state index contributed by atoms with van der Waals surface area (Å²) >= 11 is 5.82. The highest BCUT2D eigenvalue weighted by Crippen LogP contribution is 2.18. The molecular weight excluding hydrogens is 434 g/mol. The van der Waals surface area contributed by atoms with E-state index >= 15 is 0 Å². The summed E-state index contributed by atoms with van der Waals surface area (Å²) < 4.78 is 54.6. The van der Waals surface area contributed by atoms with Gasteiger partial charge in [-0.1, -0.05) is 23.7 Å². The van der Waals surface area contributed by atoms with Crippen LogP contribution in [-0.2, 0) is 16.4 Å². The third kappa shape index (κ3) is 5.63. The Morgan fingerprint density at radius 3 is 2.27 bits per heavy atom. The van der Waals surface area contributed by atoms with E-state index in [1.165, 1.54) is 12.1 Å². The Labute approximate surface area is 177 Å². The van der Waals surface area contributed by atoms with Gasteiger partial charge in [0.15, 0.2) is 0 Å². The molecule has 2 N–H and O–H groups in total. The highest BCUT2D eigenvalue weighted by atomic mass is 35.5. The highest BCUT2D eigenvalue weighted by Gasteiger charge is 2.19. The van der Waals surface area contributed by atoms with Crippen molar-refractivity contribution in [2.45, 2.75) is 11.3 Å². The molecule has 0 aliphatic heterocycles. The number of carbonyl (C=O) groups is 1. The summed E-state index contributed by atoms with van der Waals surface area (Å²) in [7, 11) is -3.96. The normalized spacial score (nSPS) is 11.3. The van der Waals surface area contributed by atoms with Gasteiger partial charge in [-0.15, -0.1) is 0 Å². The predicted molar refractivity (Wildman–Crippen MR) is 111 cm³/mol. The minimum absolute atomic E-state index is 0.110. The molecule has 0 fully saturated rings. The molecule has 0 heterocycles. The van der Waals surface area contributed by atoms with E-state index in [4.69, 9.17) is 11.6 Å². The van der Waals surface area contributed by atoms with E-state index in [9.17, 15) is 22.0 Å². The van der Waals surface area contributed by atoms with Gasteiger partial charge in [0.25, 0.3) is 5.91 Å². The fourth-order valence-corrected chi connectivity index (χ4v) is 3.82. The van der Waals surface area contributed by atoms with Gasteiger partial charge in [0.2, 0.25) is 10.0 Å². The van der Waals surface area contributed by atoms with Gasteiger partial charge in [-0.25, -0.2) is 21.9 Å². The molecule has 1 amide bonds. The number of rotatable bonds is 7. The van der Waals surface area contributed by atoms with E-state index in [0.717, 1.165) is 35.9 Å². The van der Waals surface area contributed by atoms with Crippen molar-refractivity contribution in [3.8, 4) is 0 Å². The second kappa shape index (κ2) is 9.34. The second-order valence-corrected chi connectivity index (χ2v) is 8.58. The maximum atomic E-state index is 14.1. The molecule has 0 atom stereocenters. The highest BCUT2D eigenvalue weighted by molar-refractivity contribution is 7.89. The molecule has 0 saturated heterocycles. The fourth-order valence-electron chi connectivity index (χ4n) is 2.64. The minimum Gasteiger partial charge on any atom is -0.322 e. The second-order valence-electron chi connectivity index (χ2n) is 6.38. The van der Waals surface area contributed by atoms with Crippen molar-refractivity contribution in [3.05, 3.63) is 94.5 Å². The molecule has 0 aliphatic rings. The van der Waals surface area contributed by atoms with Crippen molar-refractivity contribution in [1.82, 2.24) is 4.72 Å². The van der Waals surface area contributed by atoms with Gasteiger partial charge in [-0.2, -0.15) is 0 Å². The molecule has 3 aromatic carbocycles. The van der Waals surface area contributed by atoms with Crippen LogP contribution >= 0.6 is 11.6 Å². The lowest BCUT2D eigenvalue weighted by atomic mass is 10.2. The Balaban J connectivity index is 1.71. The molecule has 9 heteroatoms. The van der Waals surface area contributed by atoms with E-state index in [2.05, 4.69) is 10.0 Å². The standard InChI is InChI=1S/C21H17ClF2N2O3S/c22-15-3-1-14(2-4-15)11-12-25-30(28,29)18-9-10-20(24)19(13-18)21(27)26-17-7-5-16(23)6-8-17/h1-10,13,25H,11-12H2,(H,26,27). The molecule has 0 aliphatic carbocycles. The Morgan fingerprint density at radius 2 is 1.60 bits per heavy atom. The number of benzene rings is 3. The summed E-state index contributed by atoms with van der Waals surface area (Å²) in [6.07, 6.45) is 0.426. The maximum absolute atomic E-state index is 14.1. The Bertz CT molecular complexity index is 1150. The lowest BCUT2D eigenvalue weighted by molar-refractivity contribution is 0.102. The predicted octanol–water partition coefficient (Wildman–Crippen LogP) is 4.39. The van der Waals surface area contributed by atoms with Crippen molar-refractivity contribution >= 4 is 33.2 Å². The molecule has 30 heavy (non-hydrogen) atoms. The molecule has 0 radical (unpaired) electrons. The van der Waals surface area contributed by atoms with Crippen molar-refractivity contribution in [1.29, 1.82) is 0 Å². The first kappa shape index (κ1) is 21.9. The lowest BCUT2D eigenvalue weighted by Crippen LogP contribution is -2.26. The number of hydrogen-bond donors (Lipinski definition) is 2. The smallest absolute Gasteiger partial charge is 0.258 e. The number of nitrogens with one attached hydrogen (secondary N) is 2. The molecule has 0 bridgehead atoms. The molecule has 0 unspecified atom stereocenters. The van der Waals surface area contributed by atoms with Crippen molar-refractivity contribution in [3.63, 3.8) is 0 Å². The molecule has 5 nitrogen and oxygen atoms in total. The van der Waals surface area contributed by atoms with Crippen LogP contribution in [0, 0.1) is 11.6 Å². The number of sulfonamides is 1. The van der Waals surface area contributed by atoms with Crippen LogP contribution in [0.4, 0.5) is 14.5 Å². The van der Waals surface area contributed by atoms with E-state index in [0.29, 0.717) is 11.4 Å². The van der Waals surface area contributed by atoms with Gasteiger partial charge in [0.1, 0.15) is 11.6 Å². The summed E-state index contributed by atoms with van der Waals surface area (Å²) in [5.41, 5.74) is 0.690. The quantitative estimate of drug-likeness (QED) is 0.560. The summed E-state index contributed by atoms with van der Waals surface area (Å²) in [6, 6.07) is 14.8. The molecule has 0 aromatic heterocycles. The SMILES string of the molecule is O=C(Nc1ccc(F)cc1)c1cc(S(=O)(=O)NCCc2ccc(Cl)cc2)ccc1F. The number of anilines is 1. The average molecular weight is 451 g/mol. The van der Waals surface area contributed by atoms with Crippen molar-refractivity contribution in [2.75, 3.05) is 11.9 Å². The zero-order valence-corrected chi connectivity index (χ0v) is 17.1. The van der Waals surface area contributed by atoms with Crippen LogP contribution in [0.3, 0.4) is 0 Å². The van der Waals surface area contributed by atoms with Crippen LogP contribution in [0.5, 0.6) is 0 Å². The summed E-state index contributed by atoms with van der Waals surface area (Å²) in [5.74, 6) is -2.22. The van der Waals surface area contributed by atoms with E-state index in [-0.39, 0.29) is 17.1 Å². The average Bonchev–Trinajstić information content (AvgIpc) is 2.71. The summed E-state index contributed by atoms with van der Waals surface area (Å²) in [6.45, 7) is 0.110. The van der Waals surface area contributed by atoms with Crippen LogP contribution in [0.15, 0.2) is 71.6 Å². The third-order valence-corrected chi connectivity index (χ3v) is 5.92. The number of hydrogen-bond acceptors (Lipinski definition) is 3. The summed E-state index contributed by atoms with van der Waals surface area (Å²) in [5, 5.41) is 2.98. The monoisotopic (exact) mass is 450 g/mol. The van der Waals surface area contributed by atoms with Gasteiger partial charge in [0.05, 0.1) is 10.5 Å². The maximum Gasteiger partial charge on any atom is 0.258 e. The molecule has 3 rings (SSSR count). The zero-order valence-electron chi connectivity index (χ0n) is 15.5. The molecule has 0 saturated carbocycles. The Morgan fingerprint density at radius 1 is 0.933 bits per heavy atom. The Hall–Kier alpha value is -2.81. The first-order valence-electron chi connectivity index (χ1n) is 8.85. The van der Waals surface area contributed by atoms with Gasteiger partial charge >= 0.3 is 0 Å². The van der Waals surface area contributed by atoms with E-state index in [1.807, 2.05) is 0 Å². The lowest BCUT2D eigenvalue weighted by Gasteiger charge is -2.10. The first-order chi connectivity index (χ1) is 14.2. The van der Waals surface area contributed by atoms with Gasteiger partial charge in [0, 0.05) is 17.3 Å². The van der Waals surface area contributed by atoms with E-state index < -0.39 is 33.1 Å². The van der Waals surface area contributed by atoms with Gasteiger partial charge in [-0.3, -0.25) is 4.79 Å². The molecule has 3 aromatic rings. The van der Waals surface area contributed by atoms with Crippen molar-refractivity contribution < 1.29 is 22.0 Å². The fraction of sp³-hybridized carbons (Fsp3) is 0.0952. The largest absolute Gasteiger partial charge is 0.322 e. The van der Waals surface area contributed by atoms with Crippen LogP contribution in [0.2, 0.25) is 5.02 Å². The molecular formula is C21H17ClF2N2O3S. The first-order valence-corrected chi connectivity index (χ1v) is 10.7. The minimum atomic E-state index is -3.96. The van der Waals surface area contributed by atoms with Crippen LogP contribution < -0.4 is 10.0 Å². The van der Waals surface area contributed by atoms with Crippen LogP contribution in [-0.4, -0.2) is 20.9 Å². The molecule has 156 valence electrons. The van der Waals surface area contributed by atoms with Crippen molar-refractivity contribution in [2.24, 2.45) is 0 Å². The topological polar surface area (TPSA) is 75.3 Å². The van der Waals surface area contributed by atoms with E-state index in [1.54, 1.807) is 24.3 Å². The summed E-state index contributed by atoms with van der Waals surface area (Å²) in [4.78, 5) is 12.1. The Kier molecular flexibility index (Phi) is 6.81. The molecule has 0 spiro atoms. The number of carbonyl (C=O) groups excluding carboxylic acids is 1.